The van der Waals surface area contributed by atoms with Gasteiger partial charge in [-0.2, -0.15) is 0 Å². The maximum absolute atomic E-state index is 12.3. The number of aryl methyl sites for hydroxylation is 1. The van der Waals surface area contributed by atoms with E-state index in [-0.39, 0.29) is 5.78 Å². The lowest BCUT2D eigenvalue weighted by molar-refractivity contribution is 0.0969. The van der Waals surface area contributed by atoms with Crippen molar-refractivity contribution in [3.8, 4) is 0 Å². The van der Waals surface area contributed by atoms with Crippen molar-refractivity contribution in [1.29, 1.82) is 0 Å². The van der Waals surface area contributed by atoms with E-state index in [0.29, 0.717) is 12.3 Å². The standard InChI is InChI=1S/C16H18O/c1-11(2)10-15(17)16-12(3)8-9-13-6-4-5-7-14(13)16/h4-9,11H,10H2,1-3H3. The zero-order chi connectivity index (χ0) is 12.4. The Labute approximate surface area is 102 Å². The average molecular weight is 226 g/mol. The molecule has 2 rings (SSSR count). The highest BCUT2D eigenvalue weighted by Crippen LogP contribution is 2.24. The van der Waals surface area contributed by atoms with E-state index in [9.17, 15) is 4.79 Å². The SMILES string of the molecule is Cc1ccc2ccccc2c1C(=O)CC(C)C. The van der Waals surface area contributed by atoms with Gasteiger partial charge in [0.2, 0.25) is 0 Å². The normalized spacial score (nSPS) is 11.1. The van der Waals surface area contributed by atoms with Crippen molar-refractivity contribution in [3.63, 3.8) is 0 Å². The molecule has 0 heterocycles. The van der Waals surface area contributed by atoms with Crippen molar-refractivity contribution in [3.05, 3.63) is 47.5 Å². The van der Waals surface area contributed by atoms with Crippen LogP contribution in [0.25, 0.3) is 10.8 Å². The van der Waals surface area contributed by atoms with Gasteiger partial charge in [0.15, 0.2) is 5.78 Å². The molecule has 0 N–H and O–H groups in total. The number of hydrogen-bond acceptors (Lipinski definition) is 1. The predicted molar refractivity (Wildman–Crippen MR) is 72.5 cm³/mol. The second kappa shape index (κ2) is 4.70. The summed E-state index contributed by atoms with van der Waals surface area (Å²) in [5.41, 5.74) is 1.98. The van der Waals surface area contributed by atoms with E-state index in [1.54, 1.807) is 0 Å². The van der Waals surface area contributed by atoms with Gasteiger partial charge in [-0.3, -0.25) is 4.79 Å². The van der Waals surface area contributed by atoms with Gasteiger partial charge in [-0.05, 0) is 29.2 Å². The Balaban J connectivity index is 2.58. The smallest absolute Gasteiger partial charge is 0.164 e. The van der Waals surface area contributed by atoms with Crippen LogP contribution in [-0.4, -0.2) is 5.78 Å². The van der Waals surface area contributed by atoms with E-state index in [0.717, 1.165) is 21.9 Å². The molecule has 0 unspecified atom stereocenters. The predicted octanol–water partition coefficient (Wildman–Crippen LogP) is 4.38. The lowest BCUT2D eigenvalue weighted by Gasteiger charge is -2.10. The summed E-state index contributed by atoms with van der Waals surface area (Å²) in [6.07, 6.45) is 0.620. The van der Waals surface area contributed by atoms with E-state index in [1.165, 1.54) is 0 Å². The largest absolute Gasteiger partial charge is 0.294 e. The fourth-order valence-corrected chi connectivity index (χ4v) is 2.22. The number of benzene rings is 2. The van der Waals surface area contributed by atoms with Crippen LogP contribution in [0.3, 0.4) is 0 Å². The molecule has 1 nitrogen and oxygen atoms in total. The third kappa shape index (κ3) is 2.38. The monoisotopic (exact) mass is 226 g/mol. The van der Waals surface area contributed by atoms with E-state index in [1.807, 2.05) is 31.2 Å². The zero-order valence-electron chi connectivity index (χ0n) is 10.7. The van der Waals surface area contributed by atoms with Gasteiger partial charge in [0.05, 0.1) is 0 Å². The van der Waals surface area contributed by atoms with Crippen LogP contribution in [0, 0.1) is 12.8 Å². The summed E-state index contributed by atoms with van der Waals surface area (Å²) in [6, 6.07) is 12.2. The summed E-state index contributed by atoms with van der Waals surface area (Å²) in [6.45, 7) is 6.18. The second-order valence-electron chi connectivity index (χ2n) is 5.00. The molecule has 2 aromatic rings. The molecule has 0 saturated carbocycles. The Hall–Kier alpha value is -1.63. The first kappa shape index (κ1) is 11.8. The Kier molecular flexibility index (Phi) is 3.28. The Morgan fingerprint density at radius 3 is 2.53 bits per heavy atom. The van der Waals surface area contributed by atoms with Crippen LogP contribution in [0.1, 0.15) is 36.2 Å². The molecular formula is C16H18O. The molecule has 0 radical (unpaired) electrons. The summed E-state index contributed by atoms with van der Waals surface area (Å²) in [5, 5.41) is 2.23. The minimum atomic E-state index is 0.259. The molecule has 17 heavy (non-hydrogen) atoms. The highest BCUT2D eigenvalue weighted by molar-refractivity contribution is 6.09. The van der Waals surface area contributed by atoms with Crippen LogP contribution in [0.4, 0.5) is 0 Å². The molecule has 0 aromatic heterocycles. The molecule has 1 heteroatoms. The van der Waals surface area contributed by atoms with Crippen LogP contribution >= 0.6 is 0 Å². The molecule has 0 atom stereocenters. The molecule has 0 aliphatic carbocycles. The van der Waals surface area contributed by atoms with Crippen molar-refractivity contribution in [2.24, 2.45) is 5.92 Å². The minimum Gasteiger partial charge on any atom is -0.294 e. The quantitative estimate of drug-likeness (QED) is 0.710. The molecule has 0 aliphatic rings. The van der Waals surface area contributed by atoms with Gasteiger partial charge in [-0.25, -0.2) is 0 Å². The zero-order valence-corrected chi connectivity index (χ0v) is 10.7. The van der Waals surface area contributed by atoms with Gasteiger partial charge in [-0.15, -0.1) is 0 Å². The van der Waals surface area contributed by atoms with Gasteiger partial charge >= 0.3 is 0 Å². The topological polar surface area (TPSA) is 17.1 Å². The average Bonchev–Trinajstić information content (AvgIpc) is 2.27. The molecule has 0 aliphatic heterocycles. The number of hydrogen-bond donors (Lipinski definition) is 0. The van der Waals surface area contributed by atoms with Gasteiger partial charge in [-0.1, -0.05) is 50.2 Å². The van der Waals surface area contributed by atoms with E-state index < -0.39 is 0 Å². The van der Waals surface area contributed by atoms with Crippen molar-refractivity contribution in [2.75, 3.05) is 0 Å². The number of carbonyl (C=O) groups excluding carboxylic acids is 1. The molecule has 0 bridgehead atoms. The molecule has 0 spiro atoms. The van der Waals surface area contributed by atoms with E-state index in [2.05, 4.69) is 26.0 Å². The first-order valence-corrected chi connectivity index (χ1v) is 6.11. The molecule has 2 aromatic carbocycles. The molecule has 0 amide bonds. The van der Waals surface area contributed by atoms with Crippen LogP contribution in [-0.2, 0) is 0 Å². The third-order valence-electron chi connectivity index (χ3n) is 3.01. The van der Waals surface area contributed by atoms with Crippen molar-refractivity contribution in [1.82, 2.24) is 0 Å². The fraction of sp³-hybridized carbons (Fsp3) is 0.312. The van der Waals surface area contributed by atoms with Gasteiger partial charge in [0.1, 0.15) is 0 Å². The lowest BCUT2D eigenvalue weighted by atomic mass is 9.93. The number of ketones is 1. The number of Topliss-reactive ketones (excluding diaryl/α,β-unsaturated/α-hetero) is 1. The molecule has 88 valence electrons. The summed E-state index contributed by atoms with van der Waals surface area (Å²) >= 11 is 0. The van der Waals surface area contributed by atoms with Gasteiger partial charge in [0, 0.05) is 12.0 Å². The van der Waals surface area contributed by atoms with Crippen molar-refractivity contribution >= 4 is 16.6 Å². The lowest BCUT2D eigenvalue weighted by Crippen LogP contribution is -2.06. The third-order valence-corrected chi connectivity index (χ3v) is 3.01. The van der Waals surface area contributed by atoms with Crippen LogP contribution < -0.4 is 0 Å². The maximum Gasteiger partial charge on any atom is 0.164 e. The number of carbonyl (C=O) groups is 1. The van der Waals surface area contributed by atoms with Crippen LogP contribution in [0.5, 0.6) is 0 Å². The molecule has 0 saturated heterocycles. The first-order chi connectivity index (χ1) is 8.09. The number of fused-ring (bicyclic) bond motifs is 1. The summed E-state index contributed by atoms with van der Waals surface area (Å²) in [5.74, 6) is 0.662. The maximum atomic E-state index is 12.3. The molecular weight excluding hydrogens is 208 g/mol. The van der Waals surface area contributed by atoms with Gasteiger partial charge in [0.25, 0.3) is 0 Å². The fourth-order valence-electron chi connectivity index (χ4n) is 2.22. The van der Waals surface area contributed by atoms with Crippen molar-refractivity contribution in [2.45, 2.75) is 27.2 Å². The Bertz CT molecular complexity index is 552. The van der Waals surface area contributed by atoms with Gasteiger partial charge < -0.3 is 0 Å². The minimum absolute atomic E-state index is 0.259. The summed E-state index contributed by atoms with van der Waals surface area (Å²) < 4.78 is 0. The second-order valence-corrected chi connectivity index (χ2v) is 5.00. The summed E-state index contributed by atoms with van der Waals surface area (Å²) in [7, 11) is 0. The number of rotatable bonds is 3. The highest BCUT2D eigenvalue weighted by Gasteiger charge is 2.14. The first-order valence-electron chi connectivity index (χ1n) is 6.11. The summed E-state index contributed by atoms with van der Waals surface area (Å²) in [4.78, 5) is 12.3. The van der Waals surface area contributed by atoms with Crippen molar-refractivity contribution < 1.29 is 4.79 Å². The molecule has 0 fully saturated rings. The van der Waals surface area contributed by atoms with E-state index >= 15 is 0 Å². The van der Waals surface area contributed by atoms with Crippen LogP contribution in [0.15, 0.2) is 36.4 Å². The Morgan fingerprint density at radius 2 is 1.82 bits per heavy atom. The van der Waals surface area contributed by atoms with E-state index in [4.69, 9.17) is 0 Å². The highest BCUT2D eigenvalue weighted by atomic mass is 16.1. The Morgan fingerprint density at radius 1 is 1.12 bits per heavy atom. The van der Waals surface area contributed by atoms with Crippen LogP contribution in [0.2, 0.25) is 0 Å².